The molecule has 0 N–H and O–H groups in total. The van der Waals surface area contributed by atoms with Gasteiger partial charge in [0.2, 0.25) is 0 Å². The van der Waals surface area contributed by atoms with Crippen molar-refractivity contribution in [2.45, 2.75) is 31.2 Å². The molecule has 0 fully saturated rings. The molecule has 0 spiro atoms. The monoisotopic (exact) mass is 312 g/mol. The lowest BCUT2D eigenvalue weighted by Crippen LogP contribution is -2.04. The minimum atomic E-state index is -0.272. The summed E-state index contributed by atoms with van der Waals surface area (Å²) in [5.74, 6) is -0.0309. The average Bonchev–Trinajstić information content (AvgIpc) is 3.02. The van der Waals surface area contributed by atoms with E-state index < -0.39 is 0 Å². The lowest BCUT2D eigenvalue weighted by atomic mass is 10.3. The fourth-order valence-corrected chi connectivity index (χ4v) is 3.31. The van der Waals surface area contributed by atoms with Crippen LogP contribution in [-0.2, 0) is 9.53 Å². The summed E-state index contributed by atoms with van der Waals surface area (Å²) in [6, 6.07) is 2.31. The number of ether oxygens (including phenoxy) is 1. The number of carbonyl (C=O) groups excluding carboxylic acids is 1. The van der Waals surface area contributed by atoms with Crippen molar-refractivity contribution in [3.05, 3.63) is 11.8 Å². The second kappa shape index (κ2) is 6.36. The second-order valence-corrected chi connectivity index (χ2v) is 6.65. The van der Waals surface area contributed by atoms with Crippen LogP contribution in [-0.4, -0.2) is 38.8 Å². The number of carbonyl (C=O) groups is 1. The number of aryl methyl sites for hydroxylation is 1. The van der Waals surface area contributed by atoms with Crippen LogP contribution in [0.1, 0.15) is 25.6 Å². The zero-order chi connectivity index (χ0) is 14.7. The highest BCUT2D eigenvalue weighted by Gasteiger charge is 2.14. The van der Waals surface area contributed by atoms with Crippen LogP contribution in [0.3, 0.4) is 0 Å². The van der Waals surface area contributed by atoms with Gasteiger partial charge >= 0.3 is 5.97 Å². The standard InChI is InChI=1S/C12H16N4O2S2/c1-7(2)16-8(3)5-9(15-16)11-13-14-12(20-11)19-6-10(17)18-4/h5,7H,6H2,1-4H3. The highest BCUT2D eigenvalue weighted by Crippen LogP contribution is 2.29. The van der Waals surface area contributed by atoms with Gasteiger partial charge in [0.1, 0.15) is 5.69 Å². The van der Waals surface area contributed by atoms with Crippen LogP contribution in [0.4, 0.5) is 0 Å². The van der Waals surface area contributed by atoms with Gasteiger partial charge in [-0.1, -0.05) is 23.1 Å². The van der Waals surface area contributed by atoms with Gasteiger partial charge in [0.05, 0.1) is 12.9 Å². The summed E-state index contributed by atoms with van der Waals surface area (Å²) in [5, 5.41) is 13.5. The number of methoxy groups -OCH3 is 1. The Morgan fingerprint density at radius 3 is 2.85 bits per heavy atom. The number of esters is 1. The molecule has 0 aromatic carbocycles. The summed E-state index contributed by atoms with van der Waals surface area (Å²) in [7, 11) is 1.37. The Morgan fingerprint density at radius 2 is 2.25 bits per heavy atom. The normalized spacial score (nSPS) is 11.1. The number of thioether (sulfide) groups is 1. The topological polar surface area (TPSA) is 69.9 Å². The van der Waals surface area contributed by atoms with Gasteiger partial charge in [-0.15, -0.1) is 10.2 Å². The molecule has 0 saturated carbocycles. The van der Waals surface area contributed by atoms with Crippen molar-refractivity contribution in [3.63, 3.8) is 0 Å². The fourth-order valence-electron chi connectivity index (χ4n) is 1.67. The van der Waals surface area contributed by atoms with Gasteiger partial charge in [-0.2, -0.15) is 5.10 Å². The molecular formula is C12H16N4O2S2. The quantitative estimate of drug-likeness (QED) is 0.624. The highest BCUT2D eigenvalue weighted by molar-refractivity contribution is 8.01. The molecule has 0 amide bonds. The highest BCUT2D eigenvalue weighted by atomic mass is 32.2. The molecule has 0 unspecified atom stereocenters. The molecule has 2 aromatic rings. The zero-order valence-electron chi connectivity index (χ0n) is 11.8. The number of hydrogen-bond donors (Lipinski definition) is 0. The van der Waals surface area contributed by atoms with Crippen molar-refractivity contribution < 1.29 is 9.53 Å². The maximum absolute atomic E-state index is 11.1. The smallest absolute Gasteiger partial charge is 0.316 e. The molecule has 6 nitrogen and oxygen atoms in total. The SMILES string of the molecule is COC(=O)CSc1nnc(-c2cc(C)n(C(C)C)n2)s1. The minimum absolute atomic E-state index is 0.241. The average molecular weight is 312 g/mol. The van der Waals surface area contributed by atoms with Crippen molar-refractivity contribution in [1.82, 2.24) is 20.0 Å². The van der Waals surface area contributed by atoms with Crippen LogP contribution < -0.4 is 0 Å². The molecule has 0 aliphatic carbocycles. The van der Waals surface area contributed by atoms with E-state index in [0.717, 1.165) is 20.7 Å². The molecule has 20 heavy (non-hydrogen) atoms. The molecule has 0 saturated heterocycles. The Balaban J connectivity index is 2.12. The van der Waals surface area contributed by atoms with Crippen molar-refractivity contribution in [1.29, 1.82) is 0 Å². The summed E-state index contributed by atoms with van der Waals surface area (Å²) in [6.07, 6.45) is 0. The van der Waals surface area contributed by atoms with E-state index in [2.05, 4.69) is 33.9 Å². The molecule has 8 heteroatoms. The third kappa shape index (κ3) is 3.37. The molecule has 108 valence electrons. The van der Waals surface area contributed by atoms with Gasteiger partial charge in [-0.05, 0) is 26.8 Å². The van der Waals surface area contributed by atoms with Crippen molar-refractivity contribution in [3.8, 4) is 10.7 Å². The molecule has 2 rings (SSSR count). The fraction of sp³-hybridized carbons (Fsp3) is 0.500. The maximum atomic E-state index is 11.1. The van der Waals surface area contributed by atoms with E-state index in [1.807, 2.05) is 17.7 Å². The Kier molecular flexibility index (Phi) is 4.77. The van der Waals surface area contributed by atoms with Crippen LogP contribution in [0.15, 0.2) is 10.4 Å². The summed E-state index contributed by atoms with van der Waals surface area (Å²) >= 11 is 2.75. The van der Waals surface area contributed by atoms with E-state index in [0.29, 0.717) is 6.04 Å². The molecule has 2 heterocycles. The summed E-state index contributed by atoms with van der Waals surface area (Å²) in [6.45, 7) is 6.19. The minimum Gasteiger partial charge on any atom is -0.468 e. The van der Waals surface area contributed by atoms with Gasteiger partial charge in [-0.25, -0.2) is 0 Å². The molecular weight excluding hydrogens is 296 g/mol. The summed E-state index contributed by atoms with van der Waals surface area (Å²) in [5.41, 5.74) is 1.91. The lowest BCUT2D eigenvalue weighted by molar-refractivity contribution is -0.137. The predicted octanol–water partition coefficient (Wildman–Crippen LogP) is 2.56. The summed E-state index contributed by atoms with van der Waals surface area (Å²) < 4.78 is 7.28. The molecule has 0 aliphatic rings. The maximum Gasteiger partial charge on any atom is 0.316 e. The van der Waals surface area contributed by atoms with E-state index >= 15 is 0 Å². The van der Waals surface area contributed by atoms with Crippen LogP contribution in [0.25, 0.3) is 10.7 Å². The van der Waals surface area contributed by atoms with E-state index in [1.54, 1.807) is 0 Å². The Bertz CT molecular complexity index is 606. The van der Waals surface area contributed by atoms with Gasteiger partial charge in [-0.3, -0.25) is 9.48 Å². The Morgan fingerprint density at radius 1 is 1.50 bits per heavy atom. The van der Waals surface area contributed by atoms with Gasteiger partial charge in [0, 0.05) is 11.7 Å². The first kappa shape index (κ1) is 15.0. The van der Waals surface area contributed by atoms with Gasteiger partial charge in [0.15, 0.2) is 9.35 Å². The van der Waals surface area contributed by atoms with E-state index in [4.69, 9.17) is 0 Å². The summed E-state index contributed by atoms with van der Waals surface area (Å²) in [4.78, 5) is 11.1. The lowest BCUT2D eigenvalue weighted by Gasteiger charge is -2.06. The predicted molar refractivity (Wildman–Crippen MR) is 79.0 cm³/mol. The molecule has 0 radical (unpaired) electrons. The molecule has 0 aliphatic heterocycles. The third-order valence-corrected chi connectivity index (χ3v) is 4.63. The van der Waals surface area contributed by atoms with Gasteiger partial charge in [0.25, 0.3) is 0 Å². The van der Waals surface area contributed by atoms with Crippen LogP contribution in [0, 0.1) is 6.92 Å². The van der Waals surface area contributed by atoms with Crippen molar-refractivity contribution >= 4 is 29.1 Å². The zero-order valence-corrected chi connectivity index (χ0v) is 13.4. The number of hydrogen-bond acceptors (Lipinski definition) is 7. The molecule has 0 atom stereocenters. The van der Waals surface area contributed by atoms with Crippen LogP contribution >= 0.6 is 23.1 Å². The first-order chi connectivity index (χ1) is 9.51. The second-order valence-electron chi connectivity index (χ2n) is 4.45. The Hall–Kier alpha value is -1.41. The van der Waals surface area contributed by atoms with E-state index in [1.165, 1.54) is 30.2 Å². The number of aromatic nitrogens is 4. The number of rotatable bonds is 5. The first-order valence-corrected chi connectivity index (χ1v) is 7.91. The van der Waals surface area contributed by atoms with Crippen molar-refractivity contribution in [2.75, 3.05) is 12.9 Å². The number of nitrogens with zero attached hydrogens (tertiary/aromatic N) is 4. The van der Waals surface area contributed by atoms with Crippen molar-refractivity contribution in [2.24, 2.45) is 0 Å². The van der Waals surface area contributed by atoms with Crippen LogP contribution in [0.2, 0.25) is 0 Å². The van der Waals surface area contributed by atoms with Crippen LogP contribution in [0.5, 0.6) is 0 Å². The molecule has 0 bridgehead atoms. The van der Waals surface area contributed by atoms with E-state index in [9.17, 15) is 4.79 Å². The Labute approximate surface area is 125 Å². The van der Waals surface area contributed by atoms with E-state index in [-0.39, 0.29) is 11.7 Å². The largest absolute Gasteiger partial charge is 0.468 e. The third-order valence-electron chi connectivity index (χ3n) is 2.58. The molecule has 2 aromatic heterocycles. The first-order valence-electron chi connectivity index (χ1n) is 6.11. The van der Waals surface area contributed by atoms with Gasteiger partial charge < -0.3 is 4.74 Å².